The molecule has 0 bridgehead atoms. The minimum atomic E-state index is -0.307. The molecule has 24 heavy (non-hydrogen) atoms. The Morgan fingerprint density at radius 3 is 2.42 bits per heavy atom. The summed E-state index contributed by atoms with van der Waals surface area (Å²) in [6.45, 7) is 0. The number of halogens is 1. The number of H-pyrrole nitrogens is 1. The third-order valence-corrected chi connectivity index (χ3v) is 3.85. The van der Waals surface area contributed by atoms with Gasteiger partial charge in [-0.15, -0.1) is 0 Å². The highest BCUT2D eigenvalue weighted by molar-refractivity contribution is 5.89. The first-order valence-electron chi connectivity index (χ1n) is 7.41. The zero-order valence-corrected chi connectivity index (χ0v) is 12.5. The molecule has 0 saturated heterocycles. The number of benzene rings is 1. The zero-order valence-electron chi connectivity index (χ0n) is 12.5. The van der Waals surface area contributed by atoms with Gasteiger partial charge in [0.2, 0.25) is 0 Å². The molecule has 4 nitrogen and oxygen atoms in total. The molecule has 4 rings (SSSR count). The van der Waals surface area contributed by atoms with Crippen LogP contribution in [0.3, 0.4) is 0 Å². The van der Waals surface area contributed by atoms with Gasteiger partial charge in [0.1, 0.15) is 11.5 Å². The van der Waals surface area contributed by atoms with Crippen LogP contribution < -0.4 is 5.43 Å². The summed E-state index contributed by atoms with van der Waals surface area (Å²) in [5, 5.41) is 0.509. The lowest BCUT2D eigenvalue weighted by molar-refractivity contribution is 0.628. The van der Waals surface area contributed by atoms with E-state index in [1.54, 1.807) is 30.7 Å². The van der Waals surface area contributed by atoms with Gasteiger partial charge < -0.3 is 4.98 Å². The van der Waals surface area contributed by atoms with Crippen molar-refractivity contribution in [2.75, 3.05) is 0 Å². The van der Waals surface area contributed by atoms with E-state index in [2.05, 4.69) is 15.0 Å². The van der Waals surface area contributed by atoms with Crippen molar-refractivity contribution >= 4 is 11.0 Å². The molecule has 116 valence electrons. The van der Waals surface area contributed by atoms with Crippen LogP contribution in [0.25, 0.3) is 33.4 Å². The van der Waals surface area contributed by atoms with Crippen molar-refractivity contribution in [2.24, 2.45) is 0 Å². The molecule has 0 unspecified atom stereocenters. The molecular formula is C19H12FN3O. The summed E-state index contributed by atoms with van der Waals surface area (Å²) in [6, 6.07) is 13.1. The van der Waals surface area contributed by atoms with Crippen LogP contribution in [-0.2, 0) is 0 Å². The van der Waals surface area contributed by atoms with E-state index in [0.29, 0.717) is 16.7 Å². The van der Waals surface area contributed by atoms with Crippen molar-refractivity contribution in [1.29, 1.82) is 0 Å². The second kappa shape index (κ2) is 5.70. The predicted molar refractivity (Wildman–Crippen MR) is 91.0 cm³/mol. The van der Waals surface area contributed by atoms with E-state index in [1.807, 2.05) is 18.2 Å². The smallest absolute Gasteiger partial charge is 0.191 e. The Balaban J connectivity index is 2.06. The topological polar surface area (TPSA) is 58.6 Å². The van der Waals surface area contributed by atoms with E-state index in [1.165, 1.54) is 18.2 Å². The first-order chi connectivity index (χ1) is 11.7. The zero-order chi connectivity index (χ0) is 16.5. The van der Waals surface area contributed by atoms with E-state index >= 15 is 0 Å². The Morgan fingerprint density at radius 1 is 0.917 bits per heavy atom. The number of rotatable bonds is 2. The molecule has 3 aromatic heterocycles. The van der Waals surface area contributed by atoms with Crippen molar-refractivity contribution in [1.82, 2.24) is 15.0 Å². The number of hydrogen-bond acceptors (Lipinski definition) is 3. The molecule has 0 aliphatic rings. The molecule has 1 aromatic carbocycles. The number of aromatic nitrogens is 3. The van der Waals surface area contributed by atoms with Crippen molar-refractivity contribution in [3.8, 4) is 22.4 Å². The van der Waals surface area contributed by atoms with Crippen LogP contribution in [0.2, 0.25) is 0 Å². The minimum absolute atomic E-state index is 0.0998. The number of hydrogen-bond donors (Lipinski definition) is 1. The number of fused-ring (bicyclic) bond motifs is 1. The van der Waals surface area contributed by atoms with Gasteiger partial charge in [-0.25, -0.2) is 9.37 Å². The maximum absolute atomic E-state index is 13.3. The molecule has 0 amide bonds. The monoisotopic (exact) mass is 317 g/mol. The van der Waals surface area contributed by atoms with E-state index in [-0.39, 0.29) is 11.2 Å². The summed E-state index contributed by atoms with van der Waals surface area (Å²) in [7, 11) is 0. The summed E-state index contributed by atoms with van der Waals surface area (Å²) in [6.07, 6.45) is 4.94. The SMILES string of the molecule is O=c1cc[nH]c2nc(-c3ccc(F)cc3)c(-c3ccncc3)cc12. The molecular weight excluding hydrogens is 305 g/mol. The van der Waals surface area contributed by atoms with Crippen LogP contribution >= 0.6 is 0 Å². The lowest BCUT2D eigenvalue weighted by atomic mass is 9.99. The molecule has 0 aliphatic heterocycles. The minimum Gasteiger partial charge on any atom is -0.346 e. The Hall–Kier alpha value is -3.34. The van der Waals surface area contributed by atoms with Gasteiger partial charge in [0.05, 0.1) is 11.1 Å². The van der Waals surface area contributed by atoms with Gasteiger partial charge in [-0.05, 0) is 48.0 Å². The van der Waals surface area contributed by atoms with Gasteiger partial charge in [0.25, 0.3) is 0 Å². The molecule has 0 saturated carbocycles. The fraction of sp³-hybridized carbons (Fsp3) is 0. The third kappa shape index (κ3) is 2.46. The Kier molecular flexibility index (Phi) is 3.39. The quantitative estimate of drug-likeness (QED) is 0.612. The number of nitrogens with zero attached hydrogens (tertiary/aromatic N) is 2. The molecule has 0 radical (unpaired) electrons. The average molecular weight is 317 g/mol. The van der Waals surface area contributed by atoms with Gasteiger partial charge in [-0.3, -0.25) is 9.78 Å². The maximum Gasteiger partial charge on any atom is 0.191 e. The standard InChI is InChI=1S/C19H12FN3O/c20-14-3-1-13(2-4-14)18-15(12-5-8-21-9-6-12)11-16-17(24)7-10-22-19(16)23-18/h1-11H,(H,22,23,24). The van der Waals surface area contributed by atoms with E-state index in [4.69, 9.17) is 0 Å². The first kappa shape index (κ1) is 14.3. The van der Waals surface area contributed by atoms with Crippen LogP contribution in [-0.4, -0.2) is 15.0 Å². The Labute approximate surface area is 136 Å². The highest BCUT2D eigenvalue weighted by Crippen LogP contribution is 2.32. The highest BCUT2D eigenvalue weighted by atomic mass is 19.1. The van der Waals surface area contributed by atoms with Crippen molar-refractivity contribution in [3.63, 3.8) is 0 Å². The van der Waals surface area contributed by atoms with Gasteiger partial charge in [0.15, 0.2) is 5.43 Å². The molecule has 0 atom stereocenters. The first-order valence-corrected chi connectivity index (χ1v) is 7.41. The van der Waals surface area contributed by atoms with Gasteiger partial charge in [0, 0.05) is 35.8 Å². The summed E-state index contributed by atoms with van der Waals surface area (Å²) >= 11 is 0. The Morgan fingerprint density at radius 2 is 1.67 bits per heavy atom. The van der Waals surface area contributed by atoms with Crippen molar-refractivity contribution < 1.29 is 4.39 Å². The lowest BCUT2D eigenvalue weighted by Crippen LogP contribution is -2.03. The summed E-state index contributed by atoms with van der Waals surface area (Å²) < 4.78 is 13.3. The largest absolute Gasteiger partial charge is 0.346 e. The predicted octanol–water partition coefficient (Wildman–Crippen LogP) is 3.79. The highest BCUT2D eigenvalue weighted by Gasteiger charge is 2.13. The second-order valence-electron chi connectivity index (χ2n) is 5.37. The fourth-order valence-electron chi connectivity index (χ4n) is 2.68. The van der Waals surface area contributed by atoms with Gasteiger partial charge in [-0.1, -0.05) is 0 Å². The molecule has 0 spiro atoms. The normalized spacial score (nSPS) is 10.9. The van der Waals surface area contributed by atoms with Crippen LogP contribution in [0.4, 0.5) is 4.39 Å². The average Bonchev–Trinajstić information content (AvgIpc) is 2.62. The number of nitrogens with one attached hydrogen (secondary N) is 1. The van der Waals surface area contributed by atoms with Crippen LogP contribution in [0.5, 0.6) is 0 Å². The lowest BCUT2D eigenvalue weighted by Gasteiger charge is -2.11. The van der Waals surface area contributed by atoms with E-state index in [0.717, 1.165) is 16.7 Å². The van der Waals surface area contributed by atoms with E-state index < -0.39 is 0 Å². The van der Waals surface area contributed by atoms with Crippen LogP contribution in [0, 0.1) is 5.82 Å². The molecule has 0 fully saturated rings. The van der Waals surface area contributed by atoms with Gasteiger partial charge >= 0.3 is 0 Å². The number of aromatic amines is 1. The van der Waals surface area contributed by atoms with Crippen LogP contribution in [0.1, 0.15) is 0 Å². The molecule has 3 heterocycles. The van der Waals surface area contributed by atoms with Gasteiger partial charge in [-0.2, -0.15) is 0 Å². The fourth-order valence-corrected chi connectivity index (χ4v) is 2.68. The maximum atomic E-state index is 13.3. The summed E-state index contributed by atoms with van der Waals surface area (Å²) in [4.78, 5) is 23.8. The van der Waals surface area contributed by atoms with Crippen molar-refractivity contribution in [3.05, 3.63) is 83.2 Å². The Bertz CT molecular complexity index is 1070. The molecule has 1 N–H and O–H groups in total. The summed E-state index contributed by atoms with van der Waals surface area (Å²) in [5.41, 5.74) is 3.54. The van der Waals surface area contributed by atoms with Crippen molar-refractivity contribution in [2.45, 2.75) is 0 Å². The second-order valence-corrected chi connectivity index (χ2v) is 5.37. The van der Waals surface area contributed by atoms with E-state index in [9.17, 15) is 9.18 Å². The molecule has 0 aliphatic carbocycles. The van der Waals surface area contributed by atoms with Crippen LogP contribution in [0.15, 0.2) is 71.9 Å². The number of pyridine rings is 3. The summed E-state index contributed by atoms with van der Waals surface area (Å²) in [5.74, 6) is -0.307. The third-order valence-electron chi connectivity index (χ3n) is 3.85. The molecule has 5 heteroatoms. The molecule has 4 aromatic rings.